The fraction of sp³-hybridized carbons (Fsp3) is 0.424. The summed E-state index contributed by atoms with van der Waals surface area (Å²) in [6.07, 6.45) is 3.49. The summed E-state index contributed by atoms with van der Waals surface area (Å²) in [5.41, 5.74) is 8.55. The number of aromatic amines is 1. The van der Waals surface area contributed by atoms with Crippen LogP contribution in [0, 0.1) is 5.92 Å². The zero-order valence-corrected chi connectivity index (χ0v) is 25.8. The lowest BCUT2D eigenvalue weighted by Gasteiger charge is -2.51. The van der Waals surface area contributed by atoms with Gasteiger partial charge < -0.3 is 24.9 Å². The number of hydrogen-bond donors (Lipinski definition) is 2. The van der Waals surface area contributed by atoms with Gasteiger partial charge in [-0.25, -0.2) is 4.98 Å². The Morgan fingerprint density at radius 2 is 1.88 bits per heavy atom. The Hall–Kier alpha value is -3.50. The van der Waals surface area contributed by atoms with E-state index in [1.807, 2.05) is 48.5 Å². The maximum absolute atomic E-state index is 13.5. The zero-order valence-electron chi connectivity index (χ0n) is 25.1. The largest absolute Gasteiger partial charge is 0.496 e. The highest BCUT2D eigenvalue weighted by Gasteiger charge is 2.55. The third-order valence-electron chi connectivity index (χ3n) is 8.92. The Morgan fingerprint density at radius 3 is 2.49 bits per heavy atom. The summed E-state index contributed by atoms with van der Waals surface area (Å²) in [5.74, 6) is 0.105. The fourth-order valence-corrected chi connectivity index (χ4v) is 6.91. The van der Waals surface area contributed by atoms with E-state index in [9.17, 15) is 9.59 Å². The Kier molecular flexibility index (Phi) is 9.36. The molecule has 0 spiro atoms. The molecule has 0 radical (unpaired) electrons. The van der Waals surface area contributed by atoms with E-state index in [1.165, 1.54) is 0 Å². The molecule has 0 saturated carbocycles. The number of para-hydroxylation sites is 2. The maximum atomic E-state index is 13.5. The third-order valence-corrected chi connectivity index (χ3v) is 9.15. The van der Waals surface area contributed by atoms with Crippen LogP contribution in [0.4, 0.5) is 0 Å². The van der Waals surface area contributed by atoms with Gasteiger partial charge in [-0.3, -0.25) is 14.5 Å². The van der Waals surface area contributed by atoms with Gasteiger partial charge in [0.15, 0.2) is 5.82 Å². The van der Waals surface area contributed by atoms with Gasteiger partial charge in [0.25, 0.3) is 0 Å². The van der Waals surface area contributed by atoms with Crippen molar-refractivity contribution in [3.63, 3.8) is 0 Å². The quantitative estimate of drug-likeness (QED) is 0.281. The molecule has 1 aliphatic heterocycles. The van der Waals surface area contributed by atoms with Gasteiger partial charge in [-0.1, -0.05) is 42.8 Å². The maximum Gasteiger partial charge on any atom is 0.248 e. The molecule has 10 heteroatoms. The van der Waals surface area contributed by atoms with Crippen molar-refractivity contribution in [3.05, 3.63) is 87.9 Å². The average Bonchev–Trinajstić information content (AvgIpc) is 3.47. The Bertz CT molecular complexity index is 1520. The number of fused-ring (bicyclic) bond motifs is 1. The van der Waals surface area contributed by atoms with Crippen LogP contribution in [0.5, 0.6) is 0 Å². The first-order valence-corrected chi connectivity index (χ1v) is 15.0. The number of benzene rings is 2. The summed E-state index contributed by atoms with van der Waals surface area (Å²) in [5, 5.41) is 0.653. The zero-order chi connectivity index (χ0) is 30.7. The second-order valence-corrected chi connectivity index (χ2v) is 11.6. The summed E-state index contributed by atoms with van der Waals surface area (Å²) < 4.78 is 18.4. The summed E-state index contributed by atoms with van der Waals surface area (Å²) >= 11 is 6.33. The van der Waals surface area contributed by atoms with Gasteiger partial charge in [0.2, 0.25) is 17.4 Å². The summed E-state index contributed by atoms with van der Waals surface area (Å²) in [7, 11) is 4.77. The number of ketones is 1. The molecule has 5 rings (SSSR count). The molecule has 2 aromatic carbocycles. The summed E-state index contributed by atoms with van der Waals surface area (Å²) in [6, 6.07) is 15.4. The van der Waals surface area contributed by atoms with Crippen molar-refractivity contribution in [1.29, 1.82) is 0 Å². The van der Waals surface area contributed by atoms with Crippen molar-refractivity contribution in [2.24, 2.45) is 11.7 Å². The molecule has 1 amide bonds. The number of aromatic nitrogens is 2. The molecule has 9 nitrogen and oxygen atoms in total. The molecular weight excluding hydrogens is 568 g/mol. The van der Waals surface area contributed by atoms with E-state index >= 15 is 0 Å². The molecule has 3 aromatic rings. The molecule has 228 valence electrons. The molecule has 0 bridgehead atoms. The highest BCUT2D eigenvalue weighted by Crippen LogP contribution is 2.45. The summed E-state index contributed by atoms with van der Waals surface area (Å²) in [4.78, 5) is 36.1. The number of nitrogens with two attached hydrogens (primary N) is 1. The van der Waals surface area contributed by atoms with Gasteiger partial charge in [0.05, 0.1) is 18.1 Å². The number of piperidine rings is 1. The fourth-order valence-electron chi connectivity index (χ4n) is 6.71. The molecule has 2 heterocycles. The summed E-state index contributed by atoms with van der Waals surface area (Å²) in [6.45, 7) is 3.18. The molecular formula is C33H39ClN4O5. The van der Waals surface area contributed by atoms with E-state index in [2.05, 4.69) is 21.8 Å². The monoisotopic (exact) mass is 606 g/mol. The van der Waals surface area contributed by atoms with E-state index in [-0.39, 0.29) is 17.6 Å². The molecule has 1 saturated heterocycles. The number of Topliss-reactive ketones (excluding diaryl/α,β-unsaturated/α-hetero) is 1. The number of rotatable bonds is 11. The number of halogens is 1. The number of hydrogen-bond acceptors (Lipinski definition) is 7. The van der Waals surface area contributed by atoms with Gasteiger partial charge >= 0.3 is 0 Å². The lowest BCUT2D eigenvalue weighted by atomic mass is 9.78. The molecule has 3 unspecified atom stereocenters. The normalized spacial score (nSPS) is 22.4. The van der Waals surface area contributed by atoms with Crippen LogP contribution in [0.3, 0.4) is 0 Å². The van der Waals surface area contributed by atoms with Crippen LogP contribution in [-0.4, -0.2) is 72.8 Å². The predicted octanol–water partition coefficient (Wildman–Crippen LogP) is 5.38. The number of carbonyl (C=O) groups is 2. The average molecular weight is 607 g/mol. The topological polar surface area (TPSA) is 120 Å². The minimum absolute atomic E-state index is 0.000619. The van der Waals surface area contributed by atoms with Crippen molar-refractivity contribution in [2.45, 2.75) is 50.4 Å². The number of primary amides is 1. The van der Waals surface area contributed by atoms with Crippen LogP contribution in [-0.2, 0) is 19.0 Å². The smallest absolute Gasteiger partial charge is 0.248 e. The number of methoxy groups -OCH3 is 3. The first-order valence-electron chi connectivity index (χ1n) is 14.6. The SMILES string of the molecule is CCC(CC1=C(C(N)=O)C=C(OC)C(OC)(N2CCC(C(=O)c3nc4ccccc4[nH]3)CC2)C1OC)c1cccc(Cl)c1. The third kappa shape index (κ3) is 5.74. The van der Waals surface area contributed by atoms with E-state index < -0.39 is 17.7 Å². The van der Waals surface area contributed by atoms with Crippen LogP contribution in [0.25, 0.3) is 11.0 Å². The molecule has 1 fully saturated rings. The highest BCUT2D eigenvalue weighted by molar-refractivity contribution is 6.30. The molecule has 43 heavy (non-hydrogen) atoms. The first kappa shape index (κ1) is 30.9. The number of nitrogens with one attached hydrogen (secondary N) is 1. The Labute approximate surface area is 257 Å². The van der Waals surface area contributed by atoms with Crippen LogP contribution in [0.2, 0.25) is 5.02 Å². The van der Waals surface area contributed by atoms with Crippen LogP contribution < -0.4 is 5.73 Å². The second kappa shape index (κ2) is 13.0. The Balaban J connectivity index is 1.45. The van der Waals surface area contributed by atoms with E-state index in [4.69, 9.17) is 31.5 Å². The van der Waals surface area contributed by atoms with Crippen molar-refractivity contribution >= 4 is 34.3 Å². The molecule has 1 aromatic heterocycles. The number of imidazole rings is 1. The van der Waals surface area contributed by atoms with E-state index in [1.54, 1.807) is 27.4 Å². The number of likely N-dealkylation sites (tertiary alicyclic amines) is 1. The predicted molar refractivity (Wildman–Crippen MR) is 166 cm³/mol. The lowest BCUT2D eigenvalue weighted by Crippen LogP contribution is -2.64. The lowest BCUT2D eigenvalue weighted by molar-refractivity contribution is -0.199. The minimum atomic E-state index is -1.17. The first-order chi connectivity index (χ1) is 20.8. The Morgan fingerprint density at radius 1 is 1.14 bits per heavy atom. The number of H-pyrrole nitrogens is 1. The van der Waals surface area contributed by atoms with Gasteiger partial charge in [0.1, 0.15) is 11.9 Å². The molecule has 1 aliphatic carbocycles. The van der Waals surface area contributed by atoms with Crippen LogP contribution >= 0.6 is 11.6 Å². The van der Waals surface area contributed by atoms with Crippen molar-refractivity contribution < 1.29 is 23.8 Å². The molecule has 3 N–H and O–H groups in total. The highest BCUT2D eigenvalue weighted by atomic mass is 35.5. The van der Waals surface area contributed by atoms with Crippen molar-refractivity contribution in [1.82, 2.24) is 14.9 Å². The van der Waals surface area contributed by atoms with E-state index in [0.717, 1.165) is 28.6 Å². The van der Waals surface area contributed by atoms with Gasteiger partial charge in [0, 0.05) is 43.8 Å². The molecule has 3 atom stereocenters. The number of amides is 1. The van der Waals surface area contributed by atoms with Gasteiger partial charge in [-0.15, -0.1) is 0 Å². The van der Waals surface area contributed by atoms with Crippen molar-refractivity contribution in [2.75, 3.05) is 34.4 Å². The standard InChI is InChI=1S/C33H39ClN4O5/c1-5-20(22-9-8-10-23(34)17-22)18-24-25(31(35)40)19-28(41-2)33(43-4,30(24)42-3)38-15-13-21(14-16-38)29(39)32-36-26-11-6-7-12-27(26)37-32/h6-12,17,19-21,30H,5,13-16,18H2,1-4H3,(H2,35,40)(H,36,37). The number of carbonyl (C=O) groups excluding carboxylic acids is 2. The second-order valence-electron chi connectivity index (χ2n) is 11.1. The van der Waals surface area contributed by atoms with E-state index in [0.29, 0.717) is 54.5 Å². The van der Waals surface area contributed by atoms with Crippen LogP contribution in [0.1, 0.15) is 54.7 Å². The molecule has 2 aliphatic rings. The number of nitrogens with zero attached hydrogens (tertiary/aromatic N) is 2. The van der Waals surface area contributed by atoms with Crippen LogP contribution in [0.15, 0.2) is 71.5 Å². The van der Waals surface area contributed by atoms with Crippen molar-refractivity contribution in [3.8, 4) is 0 Å². The van der Waals surface area contributed by atoms with Gasteiger partial charge in [-0.2, -0.15) is 0 Å². The minimum Gasteiger partial charge on any atom is -0.496 e. The number of ether oxygens (including phenoxy) is 3. The van der Waals surface area contributed by atoms with Gasteiger partial charge in [-0.05, 0) is 73.1 Å².